The molecule has 1 rings (SSSR count). The molecule has 0 aromatic heterocycles. The molecule has 0 radical (unpaired) electrons. The molecule has 0 heterocycles. The van der Waals surface area contributed by atoms with Crippen LogP contribution in [0.15, 0.2) is 12.7 Å². The van der Waals surface area contributed by atoms with Crippen molar-refractivity contribution in [3.05, 3.63) is 12.7 Å². The standard InChI is InChI=1S/C16H32N2O/c1-3-5-6-7-9-12-15(18-17)16(19-4-2)13-10-8-11-14-16/h3,15,18H,1,4-14,17H2,2H3. The number of ether oxygens (including phenoxy) is 1. The van der Waals surface area contributed by atoms with Crippen LogP contribution >= 0.6 is 0 Å². The summed E-state index contributed by atoms with van der Waals surface area (Å²) in [6, 6.07) is 0.302. The zero-order valence-corrected chi connectivity index (χ0v) is 12.6. The summed E-state index contributed by atoms with van der Waals surface area (Å²) < 4.78 is 6.14. The minimum absolute atomic E-state index is 0.0137. The van der Waals surface area contributed by atoms with Gasteiger partial charge in [0.1, 0.15) is 0 Å². The average molecular weight is 268 g/mol. The average Bonchev–Trinajstić information content (AvgIpc) is 2.44. The van der Waals surface area contributed by atoms with Gasteiger partial charge < -0.3 is 4.74 Å². The third-order valence-corrected chi connectivity index (χ3v) is 4.37. The molecule has 0 aromatic rings. The van der Waals surface area contributed by atoms with Crippen molar-refractivity contribution in [1.29, 1.82) is 0 Å². The van der Waals surface area contributed by atoms with Gasteiger partial charge in [-0.25, -0.2) is 0 Å². The number of nitrogens with one attached hydrogen (secondary N) is 1. The zero-order valence-electron chi connectivity index (χ0n) is 12.6. The van der Waals surface area contributed by atoms with Crippen molar-refractivity contribution in [2.45, 2.75) is 82.8 Å². The molecule has 0 bridgehead atoms. The predicted octanol–water partition coefficient (Wildman–Crippen LogP) is 3.69. The maximum Gasteiger partial charge on any atom is 0.0848 e. The normalized spacial score (nSPS) is 20.1. The first kappa shape index (κ1) is 16.7. The summed E-state index contributed by atoms with van der Waals surface area (Å²) in [4.78, 5) is 0. The molecule has 1 aliphatic carbocycles. The Morgan fingerprint density at radius 1 is 1.26 bits per heavy atom. The molecule has 1 fully saturated rings. The zero-order chi connectivity index (χ0) is 14.0. The van der Waals surface area contributed by atoms with Gasteiger partial charge in [-0.15, -0.1) is 6.58 Å². The van der Waals surface area contributed by atoms with Crippen molar-refractivity contribution >= 4 is 0 Å². The molecule has 112 valence electrons. The van der Waals surface area contributed by atoms with Crippen LogP contribution in [0.2, 0.25) is 0 Å². The highest BCUT2D eigenvalue weighted by molar-refractivity contribution is 4.94. The van der Waals surface area contributed by atoms with Gasteiger partial charge in [0.05, 0.1) is 11.6 Å². The molecule has 3 nitrogen and oxygen atoms in total. The number of unbranched alkanes of at least 4 members (excludes halogenated alkanes) is 3. The van der Waals surface area contributed by atoms with Crippen LogP contribution in [-0.2, 0) is 4.74 Å². The number of hydrogen-bond donors (Lipinski definition) is 2. The predicted molar refractivity (Wildman–Crippen MR) is 81.8 cm³/mol. The van der Waals surface area contributed by atoms with Gasteiger partial charge in [0.15, 0.2) is 0 Å². The Morgan fingerprint density at radius 2 is 2.00 bits per heavy atom. The molecule has 1 unspecified atom stereocenters. The Hall–Kier alpha value is -0.380. The molecule has 0 saturated heterocycles. The van der Waals surface area contributed by atoms with Crippen LogP contribution in [0.4, 0.5) is 0 Å². The first-order valence-corrected chi connectivity index (χ1v) is 8.00. The summed E-state index contributed by atoms with van der Waals surface area (Å²) in [5.74, 6) is 5.81. The third-order valence-electron chi connectivity index (χ3n) is 4.37. The number of rotatable bonds is 10. The van der Waals surface area contributed by atoms with Crippen molar-refractivity contribution in [3.8, 4) is 0 Å². The van der Waals surface area contributed by atoms with Crippen LogP contribution in [0.5, 0.6) is 0 Å². The Kier molecular flexibility index (Phi) is 8.35. The van der Waals surface area contributed by atoms with Gasteiger partial charge in [-0.05, 0) is 39.0 Å². The lowest BCUT2D eigenvalue weighted by molar-refractivity contribution is -0.0919. The van der Waals surface area contributed by atoms with Gasteiger partial charge in [0.25, 0.3) is 0 Å². The number of allylic oxidation sites excluding steroid dienone is 1. The van der Waals surface area contributed by atoms with E-state index in [1.54, 1.807) is 0 Å². The molecule has 0 aliphatic heterocycles. The van der Waals surface area contributed by atoms with E-state index >= 15 is 0 Å². The van der Waals surface area contributed by atoms with Crippen molar-refractivity contribution in [2.24, 2.45) is 5.84 Å². The first-order valence-electron chi connectivity index (χ1n) is 8.00. The van der Waals surface area contributed by atoms with Crippen LogP contribution in [0.1, 0.15) is 71.1 Å². The van der Waals surface area contributed by atoms with Crippen LogP contribution in [0.25, 0.3) is 0 Å². The van der Waals surface area contributed by atoms with Gasteiger partial charge >= 0.3 is 0 Å². The summed E-state index contributed by atoms with van der Waals surface area (Å²) in [5.41, 5.74) is 3.03. The van der Waals surface area contributed by atoms with Gasteiger partial charge in [0.2, 0.25) is 0 Å². The quantitative estimate of drug-likeness (QED) is 0.275. The van der Waals surface area contributed by atoms with Gasteiger partial charge in [-0.3, -0.25) is 11.3 Å². The maximum atomic E-state index is 6.14. The lowest BCUT2D eigenvalue weighted by Gasteiger charge is -2.43. The van der Waals surface area contributed by atoms with E-state index in [0.717, 1.165) is 32.3 Å². The van der Waals surface area contributed by atoms with E-state index in [0.29, 0.717) is 6.04 Å². The number of hydrazine groups is 1. The van der Waals surface area contributed by atoms with Gasteiger partial charge in [-0.1, -0.05) is 38.2 Å². The summed E-state index contributed by atoms with van der Waals surface area (Å²) in [6.45, 7) is 6.64. The number of nitrogens with two attached hydrogens (primary N) is 1. The third kappa shape index (κ3) is 5.25. The van der Waals surface area contributed by atoms with Gasteiger partial charge in [-0.2, -0.15) is 0 Å². The smallest absolute Gasteiger partial charge is 0.0848 e. The summed E-state index contributed by atoms with van der Waals surface area (Å²) in [7, 11) is 0. The second-order valence-electron chi connectivity index (χ2n) is 5.70. The van der Waals surface area contributed by atoms with Crippen LogP contribution in [-0.4, -0.2) is 18.2 Å². The van der Waals surface area contributed by atoms with Crippen LogP contribution in [0.3, 0.4) is 0 Å². The SMILES string of the molecule is C=CCCCCCC(NN)C1(OCC)CCCCC1. The Morgan fingerprint density at radius 3 is 2.58 bits per heavy atom. The molecule has 1 saturated carbocycles. The Bertz CT molecular complexity index is 231. The monoisotopic (exact) mass is 268 g/mol. The summed E-state index contributed by atoms with van der Waals surface area (Å²) in [6.07, 6.45) is 14.2. The van der Waals surface area contributed by atoms with E-state index in [9.17, 15) is 0 Å². The van der Waals surface area contributed by atoms with Crippen LogP contribution < -0.4 is 11.3 Å². The topological polar surface area (TPSA) is 47.3 Å². The van der Waals surface area contributed by atoms with Crippen molar-refractivity contribution in [1.82, 2.24) is 5.43 Å². The minimum atomic E-state index is -0.0137. The lowest BCUT2D eigenvalue weighted by atomic mass is 9.77. The van der Waals surface area contributed by atoms with Crippen molar-refractivity contribution < 1.29 is 4.74 Å². The molecule has 3 heteroatoms. The maximum absolute atomic E-state index is 6.14. The molecule has 0 aromatic carbocycles. The van der Waals surface area contributed by atoms with Gasteiger partial charge in [0, 0.05) is 6.61 Å². The summed E-state index contributed by atoms with van der Waals surface area (Å²) in [5, 5.41) is 0. The highest BCUT2D eigenvalue weighted by atomic mass is 16.5. The van der Waals surface area contributed by atoms with Crippen molar-refractivity contribution in [3.63, 3.8) is 0 Å². The molecule has 1 atom stereocenters. The van der Waals surface area contributed by atoms with E-state index in [1.807, 2.05) is 6.08 Å². The molecule has 0 amide bonds. The second-order valence-corrected chi connectivity index (χ2v) is 5.70. The minimum Gasteiger partial charge on any atom is -0.374 e. The lowest BCUT2D eigenvalue weighted by Crippen LogP contribution is -2.55. The molecular formula is C16H32N2O. The highest BCUT2D eigenvalue weighted by Gasteiger charge is 2.39. The fraction of sp³-hybridized carbons (Fsp3) is 0.875. The van der Waals surface area contributed by atoms with E-state index in [-0.39, 0.29) is 5.60 Å². The molecular weight excluding hydrogens is 236 g/mol. The fourth-order valence-corrected chi connectivity index (χ4v) is 3.34. The Labute approximate surface area is 118 Å². The molecule has 1 aliphatic rings. The highest BCUT2D eigenvalue weighted by Crippen LogP contribution is 2.36. The largest absolute Gasteiger partial charge is 0.374 e. The molecule has 3 N–H and O–H groups in total. The van der Waals surface area contributed by atoms with E-state index in [2.05, 4.69) is 18.9 Å². The van der Waals surface area contributed by atoms with Crippen LogP contribution in [0, 0.1) is 0 Å². The van der Waals surface area contributed by atoms with E-state index < -0.39 is 0 Å². The molecule has 19 heavy (non-hydrogen) atoms. The Balaban J connectivity index is 2.45. The molecule has 0 spiro atoms. The summed E-state index contributed by atoms with van der Waals surface area (Å²) >= 11 is 0. The van der Waals surface area contributed by atoms with E-state index in [4.69, 9.17) is 10.6 Å². The second kappa shape index (κ2) is 9.51. The van der Waals surface area contributed by atoms with Crippen molar-refractivity contribution in [2.75, 3.05) is 6.61 Å². The first-order chi connectivity index (χ1) is 9.29. The number of hydrogen-bond acceptors (Lipinski definition) is 3. The fourth-order valence-electron chi connectivity index (χ4n) is 3.34. The van der Waals surface area contributed by atoms with E-state index in [1.165, 1.54) is 38.5 Å².